The molecule has 0 bridgehead atoms. The number of benzene rings is 2. The molecule has 1 saturated carbocycles. The number of hydrogen-bond donors (Lipinski definition) is 3. The van der Waals surface area contributed by atoms with Crippen molar-refractivity contribution in [3.05, 3.63) is 91.6 Å². The van der Waals surface area contributed by atoms with E-state index in [0.717, 1.165) is 30.3 Å². The second kappa shape index (κ2) is 9.02. The Kier molecular flexibility index (Phi) is 5.99. The fraction of sp³-hybridized carbons (Fsp3) is 0.240. The zero-order chi connectivity index (χ0) is 25.7. The molecule has 5 rings (SSSR count). The highest BCUT2D eigenvalue weighted by atomic mass is 35.5. The molecule has 2 unspecified atom stereocenters. The molecule has 7 nitrogen and oxygen atoms in total. The van der Waals surface area contributed by atoms with E-state index in [0.29, 0.717) is 24.6 Å². The topological polar surface area (TPSA) is 102 Å². The van der Waals surface area contributed by atoms with Gasteiger partial charge in [0.05, 0.1) is 5.69 Å². The lowest BCUT2D eigenvalue weighted by Crippen LogP contribution is -2.35. The van der Waals surface area contributed by atoms with Gasteiger partial charge in [-0.3, -0.25) is 14.4 Å². The summed E-state index contributed by atoms with van der Waals surface area (Å²) < 4.78 is 41.4. The zero-order valence-corrected chi connectivity index (χ0v) is 19.3. The van der Waals surface area contributed by atoms with Crippen LogP contribution >= 0.6 is 11.6 Å². The molecule has 0 saturated heterocycles. The van der Waals surface area contributed by atoms with Crippen molar-refractivity contribution in [1.82, 2.24) is 10.3 Å². The van der Waals surface area contributed by atoms with Crippen molar-refractivity contribution in [2.75, 3.05) is 11.4 Å². The monoisotopic (exact) mass is 517 g/mol. The van der Waals surface area contributed by atoms with E-state index in [9.17, 15) is 32.7 Å². The van der Waals surface area contributed by atoms with Gasteiger partial charge in [-0.15, -0.1) is 0 Å². The van der Waals surface area contributed by atoms with Crippen molar-refractivity contribution in [1.29, 1.82) is 0 Å². The van der Waals surface area contributed by atoms with E-state index in [-0.39, 0.29) is 11.5 Å². The van der Waals surface area contributed by atoms with Gasteiger partial charge in [-0.05, 0) is 48.4 Å². The largest absolute Gasteiger partial charge is 0.503 e. The van der Waals surface area contributed by atoms with Gasteiger partial charge in [0.15, 0.2) is 11.4 Å². The number of aromatic hydroxyl groups is 1. The van der Waals surface area contributed by atoms with Gasteiger partial charge >= 0.3 is 0 Å². The van der Waals surface area contributed by atoms with Gasteiger partial charge in [-0.2, -0.15) is 0 Å². The van der Waals surface area contributed by atoms with Crippen LogP contribution in [0.25, 0.3) is 0 Å². The smallest absolute Gasteiger partial charge is 0.278 e. The first-order valence-corrected chi connectivity index (χ1v) is 11.5. The standard InChI is InChI=1S/C25H19ClF3N3O4/c26-19-17(28)4-2-12(20(19)29)8-31-24(35)16-9-30-21(23(34)22(16)33)25(36)32-10-14-6-13(14)5-11-1-3-15(27)7-18(11)32/h1-4,7,9,13-14,34H,5-6,8,10H2,(H,30,33)(H,31,35). The quantitative estimate of drug-likeness (QED) is 0.456. The average molecular weight is 518 g/mol. The van der Waals surface area contributed by atoms with Crippen LogP contribution in [0.1, 0.15) is 38.4 Å². The third-order valence-corrected chi connectivity index (χ3v) is 6.97. The van der Waals surface area contributed by atoms with Crippen molar-refractivity contribution < 1.29 is 27.9 Å². The Hall–Kier alpha value is -3.79. The van der Waals surface area contributed by atoms with E-state index < -0.39 is 63.3 Å². The highest BCUT2D eigenvalue weighted by molar-refractivity contribution is 6.31. The second-order valence-corrected chi connectivity index (χ2v) is 9.30. The van der Waals surface area contributed by atoms with Crippen molar-refractivity contribution in [3.63, 3.8) is 0 Å². The fourth-order valence-corrected chi connectivity index (χ4v) is 4.70. The molecule has 36 heavy (non-hydrogen) atoms. The molecule has 2 aromatic carbocycles. The number of fused-ring (bicyclic) bond motifs is 2. The van der Waals surface area contributed by atoms with Crippen molar-refractivity contribution >= 4 is 29.1 Å². The summed E-state index contributed by atoms with van der Waals surface area (Å²) >= 11 is 5.53. The molecule has 0 spiro atoms. The zero-order valence-electron chi connectivity index (χ0n) is 18.6. The van der Waals surface area contributed by atoms with Gasteiger partial charge in [0.1, 0.15) is 28.0 Å². The second-order valence-electron chi connectivity index (χ2n) is 8.92. The van der Waals surface area contributed by atoms with Crippen LogP contribution in [0.4, 0.5) is 18.9 Å². The van der Waals surface area contributed by atoms with E-state index in [1.54, 1.807) is 6.07 Å². The first-order valence-electron chi connectivity index (χ1n) is 11.1. The van der Waals surface area contributed by atoms with Gasteiger partial charge in [0.2, 0.25) is 5.43 Å². The van der Waals surface area contributed by atoms with E-state index in [1.165, 1.54) is 17.0 Å². The Morgan fingerprint density at radius 3 is 2.72 bits per heavy atom. The summed E-state index contributed by atoms with van der Waals surface area (Å²) in [6.07, 6.45) is 2.58. The number of pyridine rings is 1. The molecule has 2 aliphatic rings. The molecular weight excluding hydrogens is 499 g/mol. The van der Waals surface area contributed by atoms with Gasteiger partial charge in [0, 0.05) is 24.8 Å². The normalized spacial score (nSPS) is 18.2. The Balaban J connectivity index is 1.39. The lowest BCUT2D eigenvalue weighted by atomic mass is 10.1. The lowest BCUT2D eigenvalue weighted by Gasteiger charge is -2.24. The summed E-state index contributed by atoms with van der Waals surface area (Å²) in [7, 11) is 0. The van der Waals surface area contributed by atoms with Gasteiger partial charge in [-0.25, -0.2) is 13.2 Å². The van der Waals surface area contributed by atoms with Crippen molar-refractivity contribution in [2.45, 2.75) is 19.4 Å². The Morgan fingerprint density at radius 1 is 1.17 bits per heavy atom. The predicted octanol–water partition coefficient (Wildman–Crippen LogP) is 3.92. The number of halogens is 4. The van der Waals surface area contributed by atoms with Crippen molar-refractivity contribution in [2.24, 2.45) is 11.8 Å². The number of nitrogens with zero attached hydrogens (tertiary/aromatic N) is 1. The summed E-state index contributed by atoms with van der Waals surface area (Å²) in [6.45, 7) is -0.111. The van der Waals surface area contributed by atoms with Crippen LogP contribution in [0.5, 0.6) is 5.75 Å². The van der Waals surface area contributed by atoms with Gasteiger partial charge < -0.3 is 20.3 Å². The first kappa shape index (κ1) is 23.9. The number of H-pyrrole nitrogens is 1. The number of carbonyl (C=O) groups excluding carboxylic acids is 2. The summed E-state index contributed by atoms with van der Waals surface area (Å²) in [6, 6.07) is 6.21. The average Bonchev–Trinajstić information content (AvgIpc) is 3.61. The molecule has 0 radical (unpaired) electrons. The number of hydrogen-bond acceptors (Lipinski definition) is 4. The minimum atomic E-state index is -1.12. The van der Waals surface area contributed by atoms with Crippen molar-refractivity contribution in [3.8, 4) is 5.75 Å². The molecule has 3 aromatic rings. The Labute approximate surface area is 207 Å². The van der Waals surface area contributed by atoms with Crippen LogP contribution < -0.4 is 15.6 Å². The number of amides is 2. The van der Waals surface area contributed by atoms with Crippen LogP contribution in [-0.2, 0) is 13.0 Å². The molecule has 2 atom stereocenters. The molecule has 1 aliphatic heterocycles. The minimum Gasteiger partial charge on any atom is -0.503 e. The molecule has 186 valence electrons. The van der Waals surface area contributed by atoms with Crippen LogP contribution in [0.3, 0.4) is 0 Å². The van der Waals surface area contributed by atoms with E-state index >= 15 is 0 Å². The van der Waals surface area contributed by atoms with Crippen LogP contribution in [-0.4, -0.2) is 28.4 Å². The van der Waals surface area contributed by atoms with E-state index in [4.69, 9.17) is 11.6 Å². The maximum absolute atomic E-state index is 14.1. The summed E-state index contributed by atoms with van der Waals surface area (Å²) in [5, 5.41) is 12.1. The number of nitrogens with one attached hydrogen (secondary N) is 2. The Bertz CT molecular complexity index is 1480. The van der Waals surface area contributed by atoms with Crippen LogP contribution in [0.2, 0.25) is 5.02 Å². The van der Waals surface area contributed by atoms with Crippen LogP contribution in [0, 0.1) is 29.3 Å². The van der Waals surface area contributed by atoms with E-state index in [2.05, 4.69) is 10.3 Å². The van der Waals surface area contributed by atoms with Gasteiger partial charge in [-0.1, -0.05) is 23.7 Å². The first-order chi connectivity index (χ1) is 17.2. The molecule has 2 amide bonds. The summed E-state index contributed by atoms with van der Waals surface area (Å²) in [5.41, 5.74) is -1.04. The van der Waals surface area contributed by atoms with Gasteiger partial charge in [0.25, 0.3) is 11.8 Å². The molecule has 1 fully saturated rings. The maximum Gasteiger partial charge on any atom is 0.278 e. The molecule has 11 heteroatoms. The molecular formula is C25H19ClF3N3O4. The fourth-order valence-electron chi connectivity index (χ4n) is 4.51. The number of carbonyl (C=O) groups is 2. The lowest BCUT2D eigenvalue weighted by molar-refractivity contribution is 0.0942. The minimum absolute atomic E-state index is 0.118. The summed E-state index contributed by atoms with van der Waals surface area (Å²) in [4.78, 5) is 42.4. The highest BCUT2D eigenvalue weighted by Gasteiger charge is 2.43. The third kappa shape index (κ3) is 4.21. The highest BCUT2D eigenvalue weighted by Crippen LogP contribution is 2.47. The van der Waals surface area contributed by atoms with E-state index in [1.807, 2.05) is 0 Å². The molecule has 1 aliphatic carbocycles. The number of anilines is 1. The maximum atomic E-state index is 14.1. The summed E-state index contributed by atoms with van der Waals surface area (Å²) in [5.74, 6) is -4.61. The number of aromatic amines is 1. The number of rotatable bonds is 4. The third-order valence-electron chi connectivity index (χ3n) is 6.62. The Morgan fingerprint density at radius 2 is 1.94 bits per heavy atom. The SMILES string of the molecule is O=C(NCc1ccc(F)c(Cl)c1F)c1c[nH]c(C(=O)N2CC3CC3Cc3ccc(F)cc32)c(O)c1=O. The molecule has 2 heterocycles. The molecule has 3 N–H and O–H groups in total. The predicted molar refractivity (Wildman–Crippen MR) is 125 cm³/mol. The van der Waals surface area contributed by atoms with Crippen LogP contribution in [0.15, 0.2) is 41.3 Å². The molecule has 1 aromatic heterocycles. The number of aromatic nitrogens is 1.